The van der Waals surface area contributed by atoms with E-state index < -0.39 is 10.0 Å². The van der Waals surface area contributed by atoms with Crippen LogP contribution in [-0.2, 0) is 14.8 Å². The number of amides is 1. The van der Waals surface area contributed by atoms with Crippen LogP contribution >= 0.6 is 0 Å². The first-order chi connectivity index (χ1) is 9.99. The normalized spacial score (nSPS) is 11.1. The zero-order chi connectivity index (χ0) is 15.7. The van der Waals surface area contributed by atoms with Crippen molar-refractivity contribution in [2.24, 2.45) is 0 Å². The molecule has 1 aromatic rings. The van der Waals surface area contributed by atoms with Gasteiger partial charge in [-0.1, -0.05) is 13.3 Å². The Kier molecular flexibility index (Phi) is 7.18. The van der Waals surface area contributed by atoms with Gasteiger partial charge in [-0.3, -0.25) is 4.79 Å². The molecule has 0 fully saturated rings. The molecule has 0 spiro atoms. The lowest BCUT2D eigenvalue weighted by atomic mass is 10.3. The quantitative estimate of drug-likeness (QED) is 0.673. The van der Waals surface area contributed by atoms with Crippen LogP contribution in [0.25, 0.3) is 0 Å². The van der Waals surface area contributed by atoms with Crippen molar-refractivity contribution in [2.75, 3.05) is 19.7 Å². The molecule has 1 amide bonds. The molecule has 0 bridgehead atoms. The van der Waals surface area contributed by atoms with Crippen molar-refractivity contribution < 1.29 is 17.9 Å². The molecule has 0 radical (unpaired) electrons. The molecule has 21 heavy (non-hydrogen) atoms. The number of unbranched alkanes of at least 4 members (excludes halogenated alkanes) is 1. The zero-order valence-electron chi connectivity index (χ0n) is 12.4. The molecule has 0 atom stereocenters. The van der Waals surface area contributed by atoms with Crippen LogP contribution in [0.5, 0.6) is 5.75 Å². The van der Waals surface area contributed by atoms with E-state index in [9.17, 15) is 13.2 Å². The molecule has 1 aromatic carbocycles. The Morgan fingerprint density at radius 1 is 1.19 bits per heavy atom. The first-order valence-corrected chi connectivity index (χ1v) is 8.47. The average Bonchev–Trinajstić information content (AvgIpc) is 2.46. The smallest absolute Gasteiger partial charge is 0.257 e. The van der Waals surface area contributed by atoms with Gasteiger partial charge < -0.3 is 10.1 Å². The number of rotatable bonds is 9. The Hall–Kier alpha value is -1.60. The fraction of sp³-hybridized carbons (Fsp3) is 0.500. The van der Waals surface area contributed by atoms with Crippen molar-refractivity contribution in [2.45, 2.75) is 31.6 Å². The van der Waals surface area contributed by atoms with Gasteiger partial charge in [0, 0.05) is 13.1 Å². The van der Waals surface area contributed by atoms with Crippen LogP contribution in [0, 0.1) is 0 Å². The van der Waals surface area contributed by atoms with Crippen LogP contribution in [0.1, 0.15) is 26.7 Å². The van der Waals surface area contributed by atoms with Crippen LogP contribution in [0.2, 0.25) is 0 Å². The second kappa shape index (κ2) is 8.63. The SMILES string of the molecule is CCCCNS(=O)(=O)c1ccc(OCC(=O)NCC)cc1. The Labute approximate surface area is 125 Å². The minimum atomic E-state index is -3.47. The summed E-state index contributed by atoms with van der Waals surface area (Å²) in [5, 5.41) is 2.61. The molecule has 118 valence electrons. The van der Waals surface area contributed by atoms with E-state index in [4.69, 9.17) is 4.74 Å². The van der Waals surface area contributed by atoms with Crippen LogP contribution in [0.3, 0.4) is 0 Å². The van der Waals surface area contributed by atoms with Crippen LogP contribution in [0.4, 0.5) is 0 Å². The Morgan fingerprint density at radius 3 is 2.43 bits per heavy atom. The molecule has 0 heterocycles. The van der Waals surface area contributed by atoms with Gasteiger partial charge >= 0.3 is 0 Å². The van der Waals surface area contributed by atoms with Gasteiger partial charge in [0.2, 0.25) is 10.0 Å². The maximum Gasteiger partial charge on any atom is 0.257 e. The van der Waals surface area contributed by atoms with Gasteiger partial charge in [-0.25, -0.2) is 13.1 Å². The highest BCUT2D eigenvalue weighted by molar-refractivity contribution is 7.89. The van der Waals surface area contributed by atoms with E-state index in [0.29, 0.717) is 18.8 Å². The van der Waals surface area contributed by atoms with Crippen molar-refractivity contribution in [1.29, 1.82) is 0 Å². The van der Waals surface area contributed by atoms with E-state index in [1.54, 1.807) is 0 Å². The molecule has 1 rings (SSSR count). The minimum Gasteiger partial charge on any atom is -0.484 e. The molecule has 0 saturated heterocycles. The standard InChI is InChI=1S/C14H22N2O4S/c1-3-5-10-16-21(18,19)13-8-6-12(7-9-13)20-11-14(17)15-4-2/h6-9,16H,3-5,10-11H2,1-2H3,(H,15,17). The largest absolute Gasteiger partial charge is 0.484 e. The fourth-order valence-corrected chi connectivity index (χ4v) is 2.65. The first kappa shape index (κ1) is 17.5. The highest BCUT2D eigenvalue weighted by Gasteiger charge is 2.13. The second-order valence-electron chi connectivity index (χ2n) is 4.46. The summed E-state index contributed by atoms with van der Waals surface area (Å²) in [6, 6.07) is 5.99. The third-order valence-electron chi connectivity index (χ3n) is 2.70. The number of carbonyl (C=O) groups is 1. The van der Waals surface area contributed by atoms with Crippen LogP contribution < -0.4 is 14.8 Å². The molecule has 7 heteroatoms. The third-order valence-corrected chi connectivity index (χ3v) is 4.18. The van der Waals surface area contributed by atoms with Gasteiger partial charge in [0.25, 0.3) is 5.91 Å². The summed E-state index contributed by atoms with van der Waals surface area (Å²) >= 11 is 0. The predicted molar refractivity (Wildman–Crippen MR) is 80.7 cm³/mol. The number of ether oxygens (including phenoxy) is 1. The van der Waals surface area contributed by atoms with Crippen LogP contribution in [0.15, 0.2) is 29.2 Å². The molecule has 0 aromatic heterocycles. The van der Waals surface area contributed by atoms with E-state index >= 15 is 0 Å². The van der Waals surface area contributed by atoms with Gasteiger partial charge in [0.15, 0.2) is 6.61 Å². The van der Waals surface area contributed by atoms with Crippen LogP contribution in [-0.4, -0.2) is 34.0 Å². The number of nitrogens with one attached hydrogen (secondary N) is 2. The van der Waals surface area contributed by atoms with Gasteiger partial charge in [-0.15, -0.1) is 0 Å². The molecule has 0 unspecified atom stereocenters. The number of likely N-dealkylation sites (N-methyl/N-ethyl adjacent to an activating group) is 1. The monoisotopic (exact) mass is 314 g/mol. The highest BCUT2D eigenvalue weighted by Crippen LogP contribution is 2.15. The Morgan fingerprint density at radius 2 is 1.86 bits per heavy atom. The molecular formula is C14H22N2O4S. The zero-order valence-corrected chi connectivity index (χ0v) is 13.2. The van der Waals surface area contributed by atoms with Crippen molar-refractivity contribution in [3.05, 3.63) is 24.3 Å². The van der Waals surface area contributed by atoms with E-state index in [0.717, 1.165) is 12.8 Å². The molecule has 0 aliphatic heterocycles. The summed E-state index contributed by atoms with van der Waals surface area (Å²) in [7, 11) is -3.47. The van der Waals surface area contributed by atoms with Crippen molar-refractivity contribution in [1.82, 2.24) is 10.0 Å². The van der Waals surface area contributed by atoms with E-state index in [2.05, 4.69) is 10.0 Å². The predicted octanol–water partition coefficient (Wildman–Crippen LogP) is 1.28. The lowest BCUT2D eigenvalue weighted by Gasteiger charge is -2.08. The summed E-state index contributed by atoms with van der Waals surface area (Å²) < 4.78 is 31.7. The summed E-state index contributed by atoms with van der Waals surface area (Å²) in [5.74, 6) is 0.240. The maximum atomic E-state index is 12.0. The van der Waals surface area contributed by atoms with Gasteiger partial charge in [-0.2, -0.15) is 0 Å². The first-order valence-electron chi connectivity index (χ1n) is 6.98. The van der Waals surface area contributed by atoms with E-state index in [1.807, 2.05) is 13.8 Å². The van der Waals surface area contributed by atoms with Crippen molar-refractivity contribution in [3.8, 4) is 5.75 Å². The summed E-state index contributed by atoms with van der Waals surface area (Å²) in [6.45, 7) is 4.70. The molecule has 2 N–H and O–H groups in total. The lowest BCUT2D eigenvalue weighted by molar-refractivity contribution is -0.122. The minimum absolute atomic E-state index is 0.0886. The highest BCUT2D eigenvalue weighted by atomic mass is 32.2. The second-order valence-corrected chi connectivity index (χ2v) is 6.23. The van der Waals surface area contributed by atoms with E-state index in [-0.39, 0.29) is 17.4 Å². The Balaban J connectivity index is 2.59. The maximum absolute atomic E-state index is 12.0. The van der Waals surface area contributed by atoms with Crippen molar-refractivity contribution >= 4 is 15.9 Å². The summed E-state index contributed by atoms with van der Waals surface area (Å²) in [6.07, 6.45) is 1.72. The Bertz CT molecular complexity index is 541. The third kappa shape index (κ3) is 6.14. The molecule has 0 aliphatic carbocycles. The molecular weight excluding hydrogens is 292 g/mol. The summed E-state index contributed by atoms with van der Waals surface area (Å²) in [4.78, 5) is 11.4. The molecule has 0 aliphatic rings. The van der Waals surface area contributed by atoms with E-state index in [1.165, 1.54) is 24.3 Å². The van der Waals surface area contributed by atoms with Crippen molar-refractivity contribution in [3.63, 3.8) is 0 Å². The number of benzene rings is 1. The molecule has 0 saturated carbocycles. The summed E-state index contributed by atoms with van der Waals surface area (Å²) in [5.41, 5.74) is 0. The fourth-order valence-electron chi connectivity index (χ4n) is 1.58. The number of hydrogen-bond donors (Lipinski definition) is 2. The topological polar surface area (TPSA) is 84.5 Å². The molecule has 6 nitrogen and oxygen atoms in total. The average molecular weight is 314 g/mol. The van der Waals surface area contributed by atoms with Gasteiger partial charge in [0.05, 0.1) is 4.90 Å². The number of hydrogen-bond acceptors (Lipinski definition) is 4. The number of sulfonamides is 1. The number of carbonyl (C=O) groups excluding carboxylic acids is 1. The van der Waals surface area contributed by atoms with Gasteiger partial charge in [-0.05, 0) is 37.6 Å². The lowest BCUT2D eigenvalue weighted by Crippen LogP contribution is -2.28. The van der Waals surface area contributed by atoms with Gasteiger partial charge in [0.1, 0.15) is 5.75 Å².